The average molecular weight is 304 g/mol. The SMILES string of the molecule is CCCCN(c1n[c]ncn1)C1CC(C)(C)N(C)C(C)(C)C1. The Morgan fingerprint density at radius 1 is 1.27 bits per heavy atom. The van der Waals surface area contributed by atoms with Crippen LogP contribution in [0, 0.1) is 6.33 Å². The van der Waals surface area contributed by atoms with Gasteiger partial charge >= 0.3 is 0 Å². The minimum Gasteiger partial charge on any atom is -0.338 e. The van der Waals surface area contributed by atoms with Crippen molar-refractivity contribution in [3.8, 4) is 0 Å². The molecule has 0 spiro atoms. The van der Waals surface area contributed by atoms with Crippen molar-refractivity contribution in [2.75, 3.05) is 18.5 Å². The Labute approximate surface area is 135 Å². The van der Waals surface area contributed by atoms with Gasteiger partial charge in [0.25, 0.3) is 0 Å². The van der Waals surface area contributed by atoms with Gasteiger partial charge in [-0.15, -0.1) is 0 Å². The Morgan fingerprint density at radius 2 is 1.91 bits per heavy atom. The van der Waals surface area contributed by atoms with E-state index in [4.69, 9.17) is 0 Å². The van der Waals surface area contributed by atoms with E-state index in [1.165, 1.54) is 6.42 Å². The van der Waals surface area contributed by atoms with Crippen molar-refractivity contribution in [1.82, 2.24) is 19.9 Å². The molecule has 0 amide bonds. The maximum Gasteiger partial charge on any atom is 0.229 e. The number of nitrogens with zero attached hydrogens (tertiary/aromatic N) is 5. The summed E-state index contributed by atoms with van der Waals surface area (Å²) in [6.45, 7) is 12.5. The second-order valence-electron chi connectivity index (χ2n) is 7.68. The quantitative estimate of drug-likeness (QED) is 0.837. The molecule has 1 fully saturated rings. The fourth-order valence-corrected chi connectivity index (χ4v) is 3.66. The Balaban J connectivity index is 2.27. The molecule has 1 aromatic heterocycles. The van der Waals surface area contributed by atoms with Crippen LogP contribution >= 0.6 is 0 Å². The number of aromatic nitrogens is 3. The van der Waals surface area contributed by atoms with E-state index in [2.05, 4.69) is 72.7 Å². The number of unbranched alkanes of at least 4 members (excludes halogenated alkanes) is 1. The summed E-state index contributed by atoms with van der Waals surface area (Å²) in [7, 11) is 2.24. The van der Waals surface area contributed by atoms with Crippen molar-refractivity contribution in [2.45, 2.75) is 77.4 Å². The predicted molar refractivity (Wildman–Crippen MR) is 89.9 cm³/mol. The van der Waals surface area contributed by atoms with Crippen LogP contribution in [-0.2, 0) is 0 Å². The van der Waals surface area contributed by atoms with E-state index in [1.54, 1.807) is 6.33 Å². The summed E-state index contributed by atoms with van der Waals surface area (Å²) < 4.78 is 0. The highest BCUT2D eigenvalue weighted by Gasteiger charge is 2.45. The first-order chi connectivity index (χ1) is 10.3. The summed E-state index contributed by atoms with van der Waals surface area (Å²) in [4.78, 5) is 17.4. The molecule has 0 aromatic carbocycles. The summed E-state index contributed by atoms with van der Waals surface area (Å²) in [6.07, 6.45) is 8.79. The van der Waals surface area contributed by atoms with Crippen LogP contribution in [0.5, 0.6) is 0 Å². The molecule has 1 radical (unpaired) electrons. The third-order valence-corrected chi connectivity index (χ3v) is 5.18. The van der Waals surface area contributed by atoms with E-state index in [1.807, 2.05) is 0 Å². The number of likely N-dealkylation sites (tertiary alicyclic amines) is 1. The van der Waals surface area contributed by atoms with Crippen LogP contribution in [-0.4, -0.2) is 50.6 Å². The number of piperidine rings is 1. The molecule has 0 saturated carbocycles. The molecule has 5 heteroatoms. The van der Waals surface area contributed by atoms with Gasteiger partial charge in [0.05, 0.1) is 0 Å². The van der Waals surface area contributed by atoms with E-state index in [0.717, 1.165) is 31.8 Å². The van der Waals surface area contributed by atoms with Gasteiger partial charge in [-0.3, -0.25) is 4.90 Å². The van der Waals surface area contributed by atoms with E-state index in [9.17, 15) is 0 Å². The third kappa shape index (κ3) is 3.57. The zero-order chi connectivity index (χ0) is 16.4. The van der Waals surface area contributed by atoms with Crippen LogP contribution in [0.25, 0.3) is 0 Å². The van der Waals surface area contributed by atoms with Crippen LogP contribution in [0.3, 0.4) is 0 Å². The molecule has 123 valence electrons. The van der Waals surface area contributed by atoms with Gasteiger partial charge < -0.3 is 4.90 Å². The number of anilines is 1. The second kappa shape index (κ2) is 6.49. The minimum atomic E-state index is 0.160. The Kier molecular flexibility index (Phi) is 5.05. The largest absolute Gasteiger partial charge is 0.338 e. The van der Waals surface area contributed by atoms with Crippen molar-refractivity contribution >= 4 is 5.95 Å². The van der Waals surface area contributed by atoms with Crippen molar-refractivity contribution in [3.05, 3.63) is 12.7 Å². The van der Waals surface area contributed by atoms with E-state index in [0.29, 0.717) is 6.04 Å². The van der Waals surface area contributed by atoms with Crippen molar-refractivity contribution in [2.24, 2.45) is 0 Å². The van der Waals surface area contributed by atoms with Gasteiger partial charge in [0.2, 0.25) is 12.3 Å². The van der Waals surface area contributed by atoms with Gasteiger partial charge in [-0.25, -0.2) is 9.97 Å². The molecule has 0 bridgehead atoms. The first-order valence-electron chi connectivity index (χ1n) is 8.33. The molecule has 0 unspecified atom stereocenters. The zero-order valence-electron chi connectivity index (χ0n) is 14.9. The van der Waals surface area contributed by atoms with E-state index in [-0.39, 0.29) is 11.1 Å². The van der Waals surface area contributed by atoms with Crippen LogP contribution in [0.15, 0.2) is 6.33 Å². The lowest BCUT2D eigenvalue weighted by molar-refractivity contribution is -0.0129. The molecule has 1 aliphatic heterocycles. The first kappa shape index (κ1) is 17.1. The molecule has 0 aliphatic carbocycles. The lowest BCUT2D eigenvalue weighted by atomic mass is 9.77. The lowest BCUT2D eigenvalue weighted by Crippen LogP contribution is -2.63. The average Bonchev–Trinajstić information content (AvgIpc) is 2.46. The fourth-order valence-electron chi connectivity index (χ4n) is 3.66. The molecule has 2 rings (SSSR count). The summed E-state index contributed by atoms with van der Waals surface area (Å²) in [6, 6.07) is 0.448. The summed E-state index contributed by atoms with van der Waals surface area (Å²) in [5.74, 6) is 0.768. The summed E-state index contributed by atoms with van der Waals surface area (Å²) in [5.41, 5.74) is 0.321. The molecule has 0 N–H and O–H groups in total. The molecule has 1 aliphatic rings. The highest BCUT2D eigenvalue weighted by Crippen LogP contribution is 2.39. The Morgan fingerprint density at radius 3 is 2.41 bits per heavy atom. The van der Waals surface area contributed by atoms with Crippen LogP contribution < -0.4 is 4.90 Å². The molecule has 5 nitrogen and oxygen atoms in total. The number of rotatable bonds is 5. The molecule has 0 atom stereocenters. The predicted octanol–water partition coefficient (Wildman–Crippen LogP) is 2.93. The number of hydrogen-bond acceptors (Lipinski definition) is 5. The summed E-state index contributed by atoms with van der Waals surface area (Å²) in [5, 5.41) is 0. The smallest absolute Gasteiger partial charge is 0.229 e. The van der Waals surface area contributed by atoms with Crippen LogP contribution in [0.2, 0.25) is 0 Å². The first-order valence-corrected chi connectivity index (χ1v) is 8.33. The second-order valence-corrected chi connectivity index (χ2v) is 7.68. The molecule has 22 heavy (non-hydrogen) atoms. The van der Waals surface area contributed by atoms with Gasteiger partial charge in [-0.2, -0.15) is 4.98 Å². The standard InChI is InChI=1S/C17H30N5/c1-7-8-9-22(15-19-12-18-13-20-15)14-10-16(2,3)21(6)17(4,5)11-14/h12,14H,7-11H2,1-6H3. The van der Waals surface area contributed by atoms with Gasteiger partial charge in [0, 0.05) is 23.7 Å². The van der Waals surface area contributed by atoms with Crippen molar-refractivity contribution in [1.29, 1.82) is 0 Å². The van der Waals surface area contributed by atoms with Gasteiger partial charge in [-0.1, -0.05) is 13.3 Å². The van der Waals surface area contributed by atoms with Gasteiger partial charge in [0.15, 0.2) is 0 Å². The maximum atomic E-state index is 4.38. The third-order valence-electron chi connectivity index (χ3n) is 5.18. The van der Waals surface area contributed by atoms with Crippen molar-refractivity contribution < 1.29 is 0 Å². The van der Waals surface area contributed by atoms with E-state index < -0.39 is 0 Å². The van der Waals surface area contributed by atoms with Crippen LogP contribution in [0.4, 0.5) is 5.95 Å². The maximum absolute atomic E-state index is 4.38. The zero-order valence-corrected chi connectivity index (χ0v) is 14.9. The topological polar surface area (TPSA) is 45.2 Å². The highest BCUT2D eigenvalue weighted by molar-refractivity contribution is 5.31. The normalized spacial score (nSPS) is 21.7. The lowest BCUT2D eigenvalue weighted by Gasteiger charge is -2.55. The molecule has 1 saturated heterocycles. The van der Waals surface area contributed by atoms with Crippen molar-refractivity contribution in [3.63, 3.8) is 0 Å². The minimum absolute atomic E-state index is 0.160. The van der Waals surface area contributed by atoms with Crippen LogP contribution in [0.1, 0.15) is 60.3 Å². The van der Waals surface area contributed by atoms with E-state index >= 15 is 0 Å². The Bertz CT molecular complexity index is 453. The van der Waals surface area contributed by atoms with Gasteiger partial charge in [-0.05, 0) is 54.0 Å². The fraction of sp³-hybridized carbons (Fsp3) is 0.824. The Hall–Kier alpha value is -1.23. The molecular formula is C17H30N5. The van der Waals surface area contributed by atoms with Gasteiger partial charge in [0.1, 0.15) is 6.33 Å². The molecule has 2 heterocycles. The monoisotopic (exact) mass is 304 g/mol. The highest BCUT2D eigenvalue weighted by atomic mass is 15.3. The number of hydrogen-bond donors (Lipinski definition) is 0. The molecule has 1 aromatic rings. The molecular weight excluding hydrogens is 274 g/mol. The summed E-state index contributed by atoms with van der Waals surface area (Å²) >= 11 is 0.